The summed E-state index contributed by atoms with van der Waals surface area (Å²) in [6, 6.07) is 3.87. The van der Waals surface area contributed by atoms with Crippen molar-refractivity contribution < 1.29 is 4.79 Å². The lowest BCUT2D eigenvalue weighted by atomic mass is 10.1. The van der Waals surface area contributed by atoms with Gasteiger partial charge in [0.1, 0.15) is 0 Å². The van der Waals surface area contributed by atoms with Crippen LogP contribution >= 0.6 is 24.0 Å². The Kier molecular flexibility index (Phi) is 5.79. The maximum absolute atomic E-state index is 12.6. The topological polar surface area (TPSA) is 59.2 Å². The molecule has 2 N–H and O–H groups in total. The molecule has 6 heteroatoms. The number of aromatic nitrogens is 1. The SMILES string of the molecule is NC(=S)CCN(Cc1cccnc1)C(=O)C1CCSC1. The summed E-state index contributed by atoms with van der Waals surface area (Å²) in [6.07, 6.45) is 5.07. The molecule has 1 atom stereocenters. The molecule has 108 valence electrons. The van der Waals surface area contributed by atoms with Gasteiger partial charge < -0.3 is 10.6 Å². The highest BCUT2D eigenvalue weighted by Crippen LogP contribution is 2.25. The van der Waals surface area contributed by atoms with E-state index in [1.165, 1.54) is 0 Å². The van der Waals surface area contributed by atoms with Crippen LogP contribution in [0.3, 0.4) is 0 Å². The van der Waals surface area contributed by atoms with Crippen LogP contribution in [0.4, 0.5) is 0 Å². The third-order valence-electron chi connectivity index (χ3n) is 3.31. The number of thioether (sulfide) groups is 1. The Morgan fingerprint density at radius 3 is 3.05 bits per heavy atom. The fourth-order valence-corrected chi connectivity index (χ4v) is 3.51. The van der Waals surface area contributed by atoms with Crippen LogP contribution in [0.25, 0.3) is 0 Å². The molecule has 2 heterocycles. The molecule has 0 radical (unpaired) electrons. The predicted molar refractivity (Wildman–Crippen MR) is 86.5 cm³/mol. The lowest BCUT2D eigenvalue weighted by molar-refractivity contribution is -0.135. The third kappa shape index (κ3) is 4.45. The number of carbonyl (C=O) groups excluding carboxylic acids is 1. The van der Waals surface area contributed by atoms with Gasteiger partial charge in [-0.3, -0.25) is 9.78 Å². The summed E-state index contributed by atoms with van der Waals surface area (Å²) in [6.45, 7) is 1.17. The molecule has 1 aromatic rings. The van der Waals surface area contributed by atoms with E-state index in [1.54, 1.807) is 12.4 Å². The van der Waals surface area contributed by atoms with Crippen molar-refractivity contribution >= 4 is 34.9 Å². The van der Waals surface area contributed by atoms with E-state index in [0.29, 0.717) is 24.5 Å². The van der Waals surface area contributed by atoms with Gasteiger partial charge >= 0.3 is 0 Å². The first kappa shape index (κ1) is 15.3. The molecular weight excluding hydrogens is 290 g/mol. The predicted octanol–water partition coefficient (Wildman–Crippen LogP) is 1.84. The minimum absolute atomic E-state index is 0.142. The summed E-state index contributed by atoms with van der Waals surface area (Å²) in [4.78, 5) is 19.0. The van der Waals surface area contributed by atoms with Gasteiger partial charge in [0.25, 0.3) is 0 Å². The average Bonchev–Trinajstić information content (AvgIpc) is 2.97. The van der Waals surface area contributed by atoms with Crippen molar-refractivity contribution in [2.24, 2.45) is 11.7 Å². The Labute approximate surface area is 129 Å². The van der Waals surface area contributed by atoms with Crippen LogP contribution in [-0.2, 0) is 11.3 Å². The second-order valence-electron chi connectivity index (χ2n) is 4.90. The Balaban J connectivity index is 2.03. The Morgan fingerprint density at radius 1 is 1.60 bits per heavy atom. The maximum Gasteiger partial charge on any atom is 0.226 e. The second kappa shape index (κ2) is 7.59. The van der Waals surface area contributed by atoms with Crippen LogP contribution < -0.4 is 5.73 Å². The number of thiocarbonyl (C=S) groups is 1. The summed E-state index contributed by atoms with van der Waals surface area (Å²) in [7, 11) is 0. The number of amides is 1. The van der Waals surface area contributed by atoms with E-state index in [4.69, 9.17) is 18.0 Å². The van der Waals surface area contributed by atoms with E-state index in [2.05, 4.69) is 4.98 Å². The molecule has 1 aliphatic heterocycles. The number of carbonyl (C=O) groups is 1. The molecule has 4 nitrogen and oxygen atoms in total. The first-order chi connectivity index (χ1) is 9.66. The van der Waals surface area contributed by atoms with E-state index in [0.717, 1.165) is 23.5 Å². The van der Waals surface area contributed by atoms with Crippen molar-refractivity contribution in [3.8, 4) is 0 Å². The Bertz CT molecular complexity index is 461. The van der Waals surface area contributed by atoms with Gasteiger partial charge in [-0.05, 0) is 23.8 Å². The highest BCUT2D eigenvalue weighted by Gasteiger charge is 2.27. The van der Waals surface area contributed by atoms with E-state index in [-0.39, 0.29) is 11.8 Å². The van der Waals surface area contributed by atoms with Crippen LogP contribution in [0.1, 0.15) is 18.4 Å². The maximum atomic E-state index is 12.6. The number of hydrogen-bond acceptors (Lipinski definition) is 4. The highest BCUT2D eigenvalue weighted by molar-refractivity contribution is 7.99. The molecule has 1 aliphatic rings. The van der Waals surface area contributed by atoms with Crippen molar-refractivity contribution in [2.45, 2.75) is 19.4 Å². The first-order valence-electron chi connectivity index (χ1n) is 6.70. The summed E-state index contributed by atoms with van der Waals surface area (Å²) >= 11 is 6.77. The van der Waals surface area contributed by atoms with E-state index >= 15 is 0 Å². The molecule has 1 amide bonds. The molecule has 0 saturated carbocycles. The Morgan fingerprint density at radius 2 is 2.45 bits per heavy atom. The normalized spacial score (nSPS) is 17.9. The molecule has 2 rings (SSSR count). The largest absolute Gasteiger partial charge is 0.393 e. The van der Waals surface area contributed by atoms with Crippen LogP contribution in [0, 0.1) is 5.92 Å². The van der Waals surface area contributed by atoms with Gasteiger partial charge in [0, 0.05) is 43.6 Å². The monoisotopic (exact) mass is 309 g/mol. The molecule has 0 bridgehead atoms. The standard InChI is InChI=1S/C14H19N3OS2/c15-13(19)3-6-17(9-11-2-1-5-16-8-11)14(18)12-4-7-20-10-12/h1-2,5,8,12H,3-4,6-7,9-10H2,(H2,15,19). The van der Waals surface area contributed by atoms with Gasteiger partial charge in [0.05, 0.1) is 4.99 Å². The number of nitrogens with zero attached hydrogens (tertiary/aromatic N) is 2. The minimum Gasteiger partial charge on any atom is -0.393 e. The van der Waals surface area contributed by atoms with Gasteiger partial charge in [0.2, 0.25) is 5.91 Å². The molecular formula is C14H19N3OS2. The molecule has 1 fully saturated rings. The molecule has 0 aliphatic carbocycles. The fraction of sp³-hybridized carbons (Fsp3) is 0.500. The molecule has 1 unspecified atom stereocenters. The highest BCUT2D eigenvalue weighted by atomic mass is 32.2. The van der Waals surface area contributed by atoms with Gasteiger partial charge in [0.15, 0.2) is 0 Å². The van der Waals surface area contributed by atoms with Crippen LogP contribution in [0.2, 0.25) is 0 Å². The van der Waals surface area contributed by atoms with Crippen molar-refractivity contribution in [1.82, 2.24) is 9.88 Å². The molecule has 1 aromatic heterocycles. The molecule has 1 saturated heterocycles. The fourth-order valence-electron chi connectivity index (χ4n) is 2.21. The lowest BCUT2D eigenvalue weighted by Crippen LogP contribution is -2.37. The second-order valence-corrected chi connectivity index (χ2v) is 6.57. The van der Waals surface area contributed by atoms with Crippen molar-refractivity contribution in [1.29, 1.82) is 0 Å². The zero-order valence-corrected chi connectivity index (χ0v) is 13.0. The van der Waals surface area contributed by atoms with Crippen molar-refractivity contribution in [3.63, 3.8) is 0 Å². The summed E-state index contributed by atoms with van der Waals surface area (Å²) in [5.41, 5.74) is 6.60. The van der Waals surface area contributed by atoms with E-state index < -0.39 is 0 Å². The first-order valence-corrected chi connectivity index (χ1v) is 8.27. The molecule has 0 spiro atoms. The number of rotatable bonds is 6. The zero-order valence-electron chi connectivity index (χ0n) is 11.3. The Hall–Kier alpha value is -1.14. The number of nitrogens with two attached hydrogens (primary N) is 1. The zero-order chi connectivity index (χ0) is 14.4. The summed E-state index contributed by atoms with van der Waals surface area (Å²) < 4.78 is 0. The van der Waals surface area contributed by atoms with E-state index in [1.807, 2.05) is 28.8 Å². The smallest absolute Gasteiger partial charge is 0.226 e. The van der Waals surface area contributed by atoms with E-state index in [9.17, 15) is 4.79 Å². The van der Waals surface area contributed by atoms with Crippen LogP contribution in [0.5, 0.6) is 0 Å². The molecule has 0 aromatic carbocycles. The van der Waals surface area contributed by atoms with Gasteiger partial charge in [-0.15, -0.1) is 0 Å². The van der Waals surface area contributed by atoms with Gasteiger partial charge in [-0.25, -0.2) is 0 Å². The van der Waals surface area contributed by atoms with Crippen LogP contribution in [0.15, 0.2) is 24.5 Å². The lowest BCUT2D eigenvalue weighted by Gasteiger charge is -2.25. The average molecular weight is 309 g/mol. The van der Waals surface area contributed by atoms with Gasteiger partial charge in [-0.2, -0.15) is 11.8 Å². The van der Waals surface area contributed by atoms with Crippen LogP contribution in [-0.4, -0.2) is 38.8 Å². The summed E-state index contributed by atoms with van der Waals surface area (Å²) in [5.74, 6) is 2.36. The quantitative estimate of drug-likeness (QED) is 0.813. The number of pyridine rings is 1. The summed E-state index contributed by atoms with van der Waals surface area (Å²) in [5, 5.41) is 0. The van der Waals surface area contributed by atoms with Gasteiger partial charge in [-0.1, -0.05) is 18.3 Å². The molecule has 20 heavy (non-hydrogen) atoms. The minimum atomic E-state index is 0.142. The number of hydrogen-bond donors (Lipinski definition) is 1. The van der Waals surface area contributed by atoms with Crippen molar-refractivity contribution in [2.75, 3.05) is 18.1 Å². The van der Waals surface area contributed by atoms with Crippen molar-refractivity contribution in [3.05, 3.63) is 30.1 Å². The third-order valence-corrected chi connectivity index (χ3v) is 4.68.